The molecule has 3 rings (SSSR count). The van der Waals surface area contributed by atoms with E-state index in [1.165, 1.54) is 0 Å². The van der Waals surface area contributed by atoms with E-state index in [2.05, 4.69) is 11.9 Å². The van der Waals surface area contributed by atoms with Crippen LogP contribution in [0.1, 0.15) is 31.2 Å². The molecule has 4 atom stereocenters. The average Bonchev–Trinajstić information content (AvgIpc) is 2.71. The Morgan fingerprint density at radius 1 is 1.24 bits per heavy atom. The van der Waals surface area contributed by atoms with Gasteiger partial charge in [-0.25, -0.2) is 0 Å². The SMILES string of the molecule is CN1[C@@H]2CC[C@H]1CC(C(CO)(C(=O)O)c1ccccc1)C2. The molecule has 2 saturated heterocycles. The lowest BCUT2D eigenvalue weighted by atomic mass is 9.65. The standard InChI is InChI=1S/C17H23NO3/c1-18-14-7-8-15(18)10-13(9-14)17(11-19,16(20)21)12-5-3-2-4-6-12/h2-6,13-15,19H,7-11H2,1H3,(H,20,21)/t13?,14-,15+,17?. The number of carboxylic acid groups (broad SMARTS) is 1. The van der Waals surface area contributed by atoms with Crippen molar-refractivity contribution in [2.75, 3.05) is 13.7 Å². The molecule has 2 N–H and O–H groups in total. The molecule has 4 heteroatoms. The second-order valence-corrected chi connectivity index (χ2v) is 6.52. The van der Waals surface area contributed by atoms with Gasteiger partial charge in [-0.2, -0.15) is 0 Å². The summed E-state index contributed by atoms with van der Waals surface area (Å²) in [4.78, 5) is 14.5. The van der Waals surface area contributed by atoms with E-state index < -0.39 is 11.4 Å². The maximum Gasteiger partial charge on any atom is 0.316 e. The molecule has 0 amide bonds. The lowest BCUT2D eigenvalue weighted by Gasteiger charge is -2.44. The van der Waals surface area contributed by atoms with Crippen LogP contribution in [0.3, 0.4) is 0 Å². The number of carboxylic acids is 1. The minimum absolute atomic E-state index is 0.00361. The summed E-state index contributed by atoms with van der Waals surface area (Å²) in [6, 6.07) is 10.2. The molecular weight excluding hydrogens is 266 g/mol. The maximum absolute atomic E-state index is 12.1. The number of hydrogen-bond acceptors (Lipinski definition) is 3. The Morgan fingerprint density at radius 2 is 1.81 bits per heavy atom. The Balaban J connectivity index is 1.99. The Morgan fingerprint density at radius 3 is 2.29 bits per heavy atom. The van der Waals surface area contributed by atoms with Gasteiger partial charge in [0.1, 0.15) is 5.41 Å². The van der Waals surface area contributed by atoms with Gasteiger partial charge in [0.2, 0.25) is 0 Å². The Kier molecular flexibility index (Phi) is 3.76. The third-order valence-corrected chi connectivity index (χ3v) is 5.72. The summed E-state index contributed by atoms with van der Waals surface area (Å²) in [5, 5.41) is 19.9. The van der Waals surface area contributed by atoms with Crippen LogP contribution >= 0.6 is 0 Å². The number of fused-ring (bicyclic) bond motifs is 2. The molecule has 2 bridgehead atoms. The van der Waals surface area contributed by atoms with Crippen molar-refractivity contribution in [3.8, 4) is 0 Å². The van der Waals surface area contributed by atoms with E-state index in [9.17, 15) is 15.0 Å². The van der Waals surface area contributed by atoms with Gasteiger partial charge in [-0.1, -0.05) is 30.3 Å². The van der Waals surface area contributed by atoms with E-state index >= 15 is 0 Å². The normalized spacial score (nSPS) is 31.8. The van der Waals surface area contributed by atoms with Crippen molar-refractivity contribution in [1.29, 1.82) is 0 Å². The van der Waals surface area contributed by atoms with Crippen molar-refractivity contribution in [2.45, 2.75) is 43.2 Å². The van der Waals surface area contributed by atoms with E-state index in [0.29, 0.717) is 12.1 Å². The minimum Gasteiger partial charge on any atom is -0.481 e. The summed E-state index contributed by atoms with van der Waals surface area (Å²) in [7, 11) is 2.14. The van der Waals surface area contributed by atoms with Crippen LogP contribution in [0.2, 0.25) is 0 Å². The Bertz CT molecular complexity index is 504. The molecule has 0 spiro atoms. The zero-order valence-electron chi connectivity index (χ0n) is 12.4. The van der Waals surface area contributed by atoms with Crippen LogP contribution in [-0.4, -0.2) is 46.8 Å². The van der Waals surface area contributed by atoms with Crippen LogP contribution in [-0.2, 0) is 10.2 Å². The molecule has 1 aromatic carbocycles. The third kappa shape index (κ3) is 2.17. The summed E-state index contributed by atoms with van der Waals surface area (Å²) in [6.07, 6.45) is 4.00. The Hall–Kier alpha value is -1.39. The van der Waals surface area contributed by atoms with Crippen molar-refractivity contribution in [3.63, 3.8) is 0 Å². The zero-order valence-corrected chi connectivity index (χ0v) is 12.4. The van der Waals surface area contributed by atoms with Gasteiger partial charge in [-0.15, -0.1) is 0 Å². The first-order valence-corrected chi connectivity index (χ1v) is 7.71. The molecule has 0 aromatic heterocycles. The van der Waals surface area contributed by atoms with Gasteiger partial charge in [-0.3, -0.25) is 4.79 Å². The monoisotopic (exact) mass is 289 g/mol. The van der Waals surface area contributed by atoms with E-state index in [0.717, 1.165) is 31.2 Å². The van der Waals surface area contributed by atoms with Gasteiger partial charge in [0, 0.05) is 12.1 Å². The molecule has 2 fully saturated rings. The summed E-state index contributed by atoms with van der Waals surface area (Å²) < 4.78 is 0. The lowest BCUT2D eigenvalue weighted by Crippen LogP contribution is -2.52. The van der Waals surface area contributed by atoms with Gasteiger partial charge >= 0.3 is 5.97 Å². The predicted octanol–water partition coefficient (Wildman–Crippen LogP) is 1.87. The van der Waals surface area contributed by atoms with Crippen LogP contribution in [0.5, 0.6) is 0 Å². The number of rotatable bonds is 4. The third-order valence-electron chi connectivity index (χ3n) is 5.72. The van der Waals surface area contributed by atoms with Gasteiger partial charge < -0.3 is 15.1 Å². The largest absolute Gasteiger partial charge is 0.481 e. The number of piperidine rings is 1. The molecule has 4 nitrogen and oxygen atoms in total. The molecule has 21 heavy (non-hydrogen) atoms. The number of aliphatic carboxylic acids is 1. The molecule has 1 aromatic rings. The number of aliphatic hydroxyl groups is 1. The fourth-order valence-electron chi connectivity index (χ4n) is 4.37. The fraction of sp³-hybridized carbons (Fsp3) is 0.588. The molecule has 2 aliphatic heterocycles. The molecular formula is C17H23NO3. The highest BCUT2D eigenvalue weighted by Crippen LogP contribution is 2.46. The van der Waals surface area contributed by atoms with Gasteiger partial charge in [0.25, 0.3) is 0 Å². The van der Waals surface area contributed by atoms with E-state index in [1.807, 2.05) is 30.3 Å². The van der Waals surface area contributed by atoms with Gasteiger partial charge in [-0.05, 0) is 44.2 Å². The second-order valence-electron chi connectivity index (χ2n) is 6.52. The average molecular weight is 289 g/mol. The van der Waals surface area contributed by atoms with Gasteiger partial charge in [0.05, 0.1) is 6.61 Å². The number of carbonyl (C=O) groups is 1. The van der Waals surface area contributed by atoms with Crippen molar-refractivity contribution < 1.29 is 15.0 Å². The summed E-state index contributed by atoms with van der Waals surface area (Å²) in [6.45, 7) is -0.333. The number of hydrogen-bond donors (Lipinski definition) is 2. The van der Waals surface area contributed by atoms with Crippen molar-refractivity contribution in [2.24, 2.45) is 5.92 Å². The maximum atomic E-state index is 12.1. The van der Waals surface area contributed by atoms with Crippen LogP contribution in [0, 0.1) is 5.92 Å². The molecule has 0 saturated carbocycles. The van der Waals surface area contributed by atoms with Crippen LogP contribution < -0.4 is 0 Å². The highest BCUT2D eigenvalue weighted by molar-refractivity contribution is 5.82. The van der Waals surface area contributed by atoms with Crippen molar-refractivity contribution >= 4 is 5.97 Å². The second kappa shape index (κ2) is 5.43. The van der Waals surface area contributed by atoms with Crippen LogP contribution in [0.15, 0.2) is 30.3 Å². The first kappa shape index (κ1) is 14.5. The first-order valence-electron chi connectivity index (χ1n) is 7.71. The van der Waals surface area contributed by atoms with E-state index in [4.69, 9.17) is 0 Å². The smallest absolute Gasteiger partial charge is 0.316 e. The Labute approximate surface area is 125 Å². The molecule has 2 aliphatic rings. The van der Waals surface area contributed by atoms with Crippen LogP contribution in [0.25, 0.3) is 0 Å². The molecule has 0 radical (unpaired) electrons. The van der Waals surface area contributed by atoms with Crippen LogP contribution in [0.4, 0.5) is 0 Å². The minimum atomic E-state index is -1.16. The van der Waals surface area contributed by atoms with Gasteiger partial charge in [0.15, 0.2) is 0 Å². The van der Waals surface area contributed by atoms with Crippen molar-refractivity contribution in [1.82, 2.24) is 4.90 Å². The molecule has 0 aliphatic carbocycles. The highest BCUT2D eigenvalue weighted by atomic mass is 16.4. The quantitative estimate of drug-likeness (QED) is 0.888. The fourth-order valence-corrected chi connectivity index (χ4v) is 4.37. The number of aliphatic hydroxyl groups excluding tert-OH is 1. The first-order chi connectivity index (χ1) is 10.1. The summed E-state index contributed by atoms with van der Waals surface area (Å²) in [5.41, 5.74) is -0.433. The number of nitrogens with zero attached hydrogens (tertiary/aromatic N) is 1. The molecule has 2 unspecified atom stereocenters. The zero-order chi connectivity index (χ0) is 15.0. The number of benzene rings is 1. The van der Waals surface area contributed by atoms with E-state index in [-0.39, 0.29) is 12.5 Å². The lowest BCUT2D eigenvalue weighted by molar-refractivity contribution is -0.150. The topological polar surface area (TPSA) is 60.8 Å². The summed E-state index contributed by atoms with van der Waals surface area (Å²) in [5.74, 6) is -0.902. The predicted molar refractivity (Wildman–Crippen MR) is 80.1 cm³/mol. The van der Waals surface area contributed by atoms with Crippen molar-refractivity contribution in [3.05, 3.63) is 35.9 Å². The van der Waals surface area contributed by atoms with E-state index in [1.54, 1.807) is 0 Å². The summed E-state index contributed by atoms with van der Waals surface area (Å²) >= 11 is 0. The highest BCUT2D eigenvalue weighted by Gasteiger charge is 2.52. The molecule has 114 valence electrons. The molecule has 2 heterocycles.